The van der Waals surface area contributed by atoms with Crippen LogP contribution in [0, 0.1) is 0 Å². The van der Waals surface area contributed by atoms with Gasteiger partial charge in [-0.05, 0) is 24.6 Å². The number of H-pyrrole nitrogens is 1. The number of nitrogens with one attached hydrogen (secondary N) is 2. The molecule has 1 aliphatic rings. The number of piperazine rings is 1. The zero-order valence-electron chi connectivity index (χ0n) is 12.5. The Morgan fingerprint density at radius 1 is 1.18 bits per heavy atom. The molecule has 3 rings (SSSR count). The monoisotopic (exact) mass is 297 g/mol. The molecule has 1 atom stereocenters. The van der Waals surface area contributed by atoms with E-state index in [1.54, 1.807) is 17.0 Å². The van der Waals surface area contributed by atoms with E-state index < -0.39 is 0 Å². The molecule has 5 nitrogen and oxygen atoms in total. The minimum atomic E-state index is -0.336. The van der Waals surface area contributed by atoms with Crippen molar-refractivity contribution in [2.45, 2.75) is 13.0 Å². The molecule has 1 aliphatic heterocycles. The number of hydrogen-bond donors (Lipinski definition) is 2. The topological polar surface area (TPSA) is 65.2 Å². The second kappa shape index (κ2) is 6.15. The van der Waals surface area contributed by atoms with E-state index in [1.807, 2.05) is 37.3 Å². The summed E-state index contributed by atoms with van der Waals surface area (Å²) in [5.41, 5.74) is 1.51. The molecule has 2 heterocycles. The molecule has 1 aromatic carbocycles. The summed E-state index contributed by atoms with van der Waals surface area (Å²) in [4.78, 5) is 29.4. The van der Waals surface area contributed by atoms with Crippen LogP contribution in [-0.2, 0) is 0 Å². The highest BCUT2D eigenvalue weighted by molar-refractivity contribution is 5.94. The van der Waals surface area contributed by atoms with Crippen molar-refractivity contribution in [1.82, 2.24) is 15.2 Å². The maximum absolute atomic E-state index is 12.6. The highest BCUT2D eigenvalue weighted by atomic mass is 16.2. The van der Waals surface area contributed by atoms with Gasteiger partial charge in [0.2, 0.25) is 0 Å². The first kappa shape index (κ1) is 14.5. The van der Waals surface area contributed by atoms with E-state index in [-0.39, 0.29) is 23.1 Å². The van der Waals surface area contributed by atoms with Crippen LogP contribution < -0.4 is 10.9 Å². The quantitative estimate of drug-likeness (QED) is 0.882. The van der Waals surface area contributed by atoms with Gasteiger partial charge in [0.1, 0.15) is 5.56 Å². The van der Waals surface area contributed by atoms with Crippen molar-refractivity contribution in [1.29, 1.82) is 0 Å². The fourth-order valence-electron chi connectivity index (χ4n) is 2.73. The van der Waals surface area contributed by atoms with E-state index in [0.29, 0.717) is 6.54 Å². The van der Waals surface area contributed by atoms with Gasteiger partial charge in [0.05, 0.1) is 0 Å². The van der Waals surface area contributed by atoms with Gasteiger partial charge in [-0.25, -0.2) is 0 Å². The van der Waals surface area contributed by atoms with E-state index in [4.69, 9.17) is 0 Å². The van der Waals surface area contributed by atoms with Gasteiger partial charge in [-0.3, -0.25) is 9.59 Å². The molecule has 1 amide bonds. The highest BCUT2D eigenvalue weighted by Gasteiger charge is 2.25. The van der Waals surface area contributed by atoms with Gasteiger partial charge in [-0.1, -0.05) is 30.3 Å². The summed E-state index contributed by atoms with van der Waals surface area (Å²) in [6, 6.07) is 13.1. The molecule has 1 unspecified atom stereocenters. The third-order valence-electron chi connectivity index (χ3n) is 3.99. The van der Waals surface area contributed by atoms with Gasteiger partial charge >= 0.3 is 0 Å². The van der Waals surface area contributed by atoms with E-state index in [0.717, 1.165) is 24.3 Å². The number of aromatic nitrogens is 1. The fraction of sp³-hybridized carbons (Fsp3) is 0.294. The summed E-state index contributed by atoms with van der Waals surface area (Å²) >= 11 is 0. The third kappa shape index (κ3) is 2.80. The lowest BCUT2D eigenvalue weighted by molar-refractivity contribution is 0.0654. The van der Waals surface area contributed by atoms with Crippen molar-refractivity contribution in [2.75, 3.05) is 19.6 Å². The number of pyridine rings is 1. The standard InChI is InChI=1S/C17H19N3O2/c1-12-11-18-9-10-20(12)17(22)14-7-8-15(19-16(14)21)13-5-3-2-4-6-13/h2-8,12,18H,9-11H2,1H3,(H,19,21). The molecular formula is C17H19N3O2. The Hall–Kier alpha value is -2.40. The maximum atomic E-state index is 12.6. The third-order valence-corrected chi connectivity index (χ3v) is 3.99. The molecule has 2 aromatic rings. The van der Waals surface area contributed by atoms with Crippen LogP contribution in [0.5, 0.6) is 0 Å². The van der Waals surface area contributed by atoms with Crippen LogP contribution in [0.15, 0.2) is 47.3 Å². The van der Waals surface area contributed by atoms with E-state index in [2.05, 4.69) is 10.3 Å². The van der Waals surface area contributed by atoms with Crippen molar-refractivity contribution >= 4 is 5.91 Å². The van der Waals surface area contributed by atoms with Crippen LogP contribution in [-0.4, -0.2) is 41.5 Å². The SMILES string of the molecule is CC1CNCCN1C(=O)c1ccc(-c2ccccc2)[nH]c1=O. The Morgan fingerprint density at radius 2 is 1.95 bits per heavy atom. The Balaban J connectivity index is 1.89. The van der Waals surface area contributed by atoms with Crippen molar-refractivity contribution in [2.24, 2.45) is 0 Å². The van der Waals surface area contributed by atoms with Gasteiger partial charge in [-0.15, -0.1) is 0 Å². The number of rotatable bonds is 2. The van der Waals surface area contributed by atoms with Gasteiger partial charge in [0.15, 0.2) is 0 Å². The van der Waals surface area contributed by atoms with Crippen molar-refractivity contribution in [3.8, 4) is 11.3 Å². The minimum absolute atomic E-state index is 0.0921. The molecule has 0 saturated carbocycles. The number of aromatic amines is 1. The van der Waals surface area contributed by atoms with Crippen LogP contribution in [0.25, 0.3) is 11.3 Å². The molecule has 2 N–H and O–H groups in total. The fourth-order valence-corrected chi connectivity index (χ4v) is 2.73. The molecular weight excluding hydrogens is 278 g/mol. The van der Waals surface area contributed by atoms with E-state index >= 15 is 0 Å². The average Bonchev–Trinajstić information content (AvgIpc) is 2.55. The Kier molecular flexibility index (Phi) is 4.06. The minimum Gasteiger partial charge on any atom is -0.333 e. The zero-order valence-corrected chi connectivity index (χ0v) is 12.5. The predicted octanol–water partition coefficient (Wildman–Crippen LogP) is 1.48. The largest absolute Gasteiger partial charge is 0.333 e. The number of amides is 1. The van der Waals surface area contributed by atoms with Gasteiger partial charge in [-0.2, -0.15) is 0 Å². The van der Waals surface area contributed by atoms with E-state index in [1.165, 1.54) is 0 Å². The van der Waals surface area contributed by atoms with Crippen LogP contribution in [0.2, 0.25) is 0 Å². The zero-order chi connectivity index (χ0) is 15.5. The summed E-state index contributed by atoms with van der Waals surface area (Å²) in [5, 5.41) is 3.24. The van der Waals surface area contributed by atoms with Crippen LogP contribution >= 0.6 is 0 Å². The number of carbonyl (C=O) groups excluding carboxylic acids is 1. The van der Waals surface area contributed by atoms with Crippen molar-refractivity contribution in [3.63, 3.8) is 0 Å². The molecule has 1 saturated heterocycles. The second-order valence-electron chi connectivity index (χ2n) is 5.53. The molecule has 5 heteroatoms. The summed E-state index contributed by atoms with van der Waals surface area (Å²) in [7, 11) is 0. The number of nitrogens with zero attached hydrogens (tertiary/aromatic N) is 1. The number of carbonyl (C=O) groups is 1. The smallest absolute Gasteiger partial charge is 0.261 e. The van der Waals surface area contributed by atoms with E-state index in [9.17, 15) is 9.59 Å². The second-order valence-corrected chi connectivity index (χ2v) is 5.53. The molecule has 1 aromatic heterocycles. The summed E-state index contributed by atoms with van der Waals surface area (Å²) < 4.78 is 0. The van der Waals surface area contributed by atoms with Gasteiger partial charge in [0, 0.05) is 31.4 Å². The molecule has 0 radical (unpaired) electrons. The predicted molar refractivity (Wildman–Crippen MR) is 85.9 cm³/mol. The lowest BCUT2D eigenvalue weighted by Crippen LogP contribution is -2.53. The first-order valence-electron chi connectivity index (χ1n) is 7.47. The van der Waals surface area contributed by atoms with Crippen LogP contribution in [0.4, 0.5) is 0 Å². The summed E-state index contributed by atoms with van der Waals surface area (Å²) in [6.45, 7) is 4.12. The first-order chi connectivity index (χ1) is 10.7. The van der Waals surface area contributed by atoms with Gasteiger partial charge in [0.25, 0.3) is 11.5 Å². The van der Waals surface area contributed by atoms with Crippen molar-refractivity contribution in [3.05, 3.63) is 58.4 Å². The molecule has 114 valence electrons. The molecule has 0 bridgehead atoms. The molecule has 1 fully saturated rings. The molecule has 22 heavy (non-hydrogen) atoms. The molecule has 0 spiro atoms. The van der Waals surface area contributed by atoms with Crippen LogP contribution in [0.1, 0.15) is 17.3 Å². The van der Waals surface area contributed by atoms with Gasteiger partial charge < -0.3 is 15.2 Å². The Bertz CT molecular complexity index is 724. The Morgan fingerprint density at radius 3 is 2.64 bits per heavy atom. The Labute approximate surface area is 129 Å². The molecule has 0 aliphatic carbocycles. The summed E-state index contributed by atoms with van der Waals surface area (Å²) in [6.07, 6.45) is 0. The first-order valence-corrected chi connectivity index (χ1v) is 7.47. The highest BCUT2D eigenvalue weighted by Crippen LogP contribution is 2.15. The number of hydrogen-bond acceptors (Lipinski definition) is 3. The normalized spacial score (nSPS) is 18.2. The summed E-state index contributed by atoms with van der Waals surface area (Å²) in [5.74, 6) is -0.199. The average molecular weight is 297 g/mol. The lowest BCUT2D eigenvalue weighted by atomic mass is 10.1. The van der Waals surface area contributed by atoms with Crippen LogP contribution in [0.3, 0.4) is 0 Å². The number of benzene rings is 1. The van der Waals surface area contributed by atoms with Crippen molar-refractivity contribution < 1.29 is 4.79 Å². The lowest BCUT2D eigenvalue weighted by Gasteiger charge is -2.33. The maximum Gasteiger partial charge on any atom is 0.261 e.